The quantitative estimate of drug-likeness (QED) is 0.0340. The van der Waals surface area contributed by atoms with Gasteiger partial charge in [-0.25, -0.2) is 9.59 Å². The van der Waals surface area contributed by atoms with Gasteiger partial charge >= 0.3 is 11.9 Å². The number of hydrogen-bond donors (Lipinski definition) is 1. The minimum absolute atomic E-state index is 0.0282. The molecule has 0 aromatic heterocycles. The topological polar surface area (TPSA) is 112 Å². The molecule has 5 rings (SSSR count). The van der Waals surface area contributed by atoms with Crippen LogP contribution in [0.25, 0.3) is 33.4 Å². The maximum atomic E-state index is 14.0. The smallest absolute Gasteiger partial charge is 0.373 e. The lowest BCUT2D eigenvalue weighted by Gasteiger charge is -2.22. The SMILES string of the molecule is CC(C)(C)OOC(=O)c1ccc(COC(=O)c2c(Cl)c(Cl)c(Cl)c(Cl)c2-c2c3cc(I)c(=O)c(I)c-3oc3c(I)c(O)c(I)cc23)cc1. The first kappa shape index (κ1) is 38.4. The van der Waals surface area contributed by atoms with Gasteiger partial charge in [0.2, 0.25) is 5.43 Å². The molecule has 0 radical (unpaired) electrons. The average molecular weight is 1180 g/mol. The Balaban J connectivity index is 1.66. The van der Waals surface area contributed by atoms with E-state index in [0.717, 1.165) is 0 Å². The van der Waals surface area contributed by atoms with E-state index in [0.29, 0.717) is 32.8 Å². The van der Waals surface area contributed by atoms with Crippen molar-refractivity contribution >= 4 is 160 Å². The van der Waals surface area contributed by atoms with Crippen LogP contribution in [0.2, 0.25) is 20.1 Å². The minimum Gasteiger partial charge on any atom is -0.506 e. The first-order valence-electron chi connectivity index (χ1n) is 13.4. The Morgan fingerprint density at radius 1 is 0.833 bits per heavy atom. The van der Waals surface area contributed by atoms with Gasteiger partial charge in [-0.1, -0.05) is 58.5 Å². The highest BCUT2D eigenvalue weighted by atomic mass is 127. The van der Waals surface area contributed by atoms with E-state index in [2.05, 4.69) is 0 Å². The van der Waals surface area contributed by atoms with Gasteiger partial charge in [0.1, 0.15) is 21.5 Å². The largest absolute Gasteiger partial charge is 0.506 e. The molecule has 1 aliphatic carbocycles. The van der Waals surface area contributed by atoms with Crippen LogP contribution in [0.15, 0.2) is 45.6 Å². The number of ether oxygens (including phenoxy) is 1. The van der Waals surface area contributed by atoms with Gasteiger partial charge in [0.15, 0.2) is 11.3 Å². The predicted octanol–water partition coefficient (Wildman–Crippen LogP) is 11.5. The molecule has 2 aliphatic rings. The molecular weight excluding hydrogens is 1160 g/mol. The van der Waals surface area contributed by atoms with Gasteiger partial charge in [-0.2, -0.15) is 4.89 Å². The molecule has 250 valence electrons. The van der Waals surface area contributed by atoms with Gasteiger partial charge in [-0.15, -0.1) is 0 Å². The number of phenolic OH excluding ortho intramolecular Hbond substituents is 1. The third kappa shape index (κ3) is 7.52. The third-order valence-electron chi connectivity index (χ3n) is 6.67. The lowest BCUT2D eigenvalue weighted by Crippen LogP contribution is -2.21. The molecular formula is C32H18Cl4I4O8. The number of phenols is 1. The first-order chi connectivity index (χ1) is 22.4. The van der Waals surface area contributed by atoms with Gasteiger partial charge in [-0.3, -0.25) is 9.68 Å². The van der Waals surface area contributed by atoms with Crippen molar-refractivity contribution in [1.29, 1.82) is 0 Å². The normalized spacial score (nSPS) is 11.7. The van der Waals surface area contributed by atoms with E-state index >= 15 is 0 Å². The second-order valence-corrected chi connectivity index (χ2v) is 17.1. The zero-order valence-corrected chi connectivity index (χ0v) is 36.2. The highest BCUT2D eigenvalue weighted by Gasteiger charge is 2.33. The average Bonchev–Trinajstić information content (AvgIpc) is 3.04. The van der Waals surface area contributed by atoms with Crippen molar-refractivity contribution in [2.75, 3.05) is 0 Å². The van der Waals surface area contributed by atoms with Crippen molar-refractivity contribution in [2.45, 2.75) is 33.0 Å². The first-order valence-corrected chi connectivity index (χ1v) is 19.2. The highest BCUT2D eigenvalue weighted by molar-refractivity contribution is 14.1. The van der Waals surface area contributed by atoms with Crippen LogP contribution in [-0.4, -0.2) is 22.6 Å². The van der Waals surface area contributed by atoms with E-state index in [4.69, 9.17) is 65.3 Å². The molecule has 8 nitrogen and oxygen atoms in total. The van der Waals surface area contributed by atoms with Crippen LogP contribution in [0.4, 0.5) is 0 Å². The predicted molar refractivity (Wildman–Crippen MR) is 219 cm³/mol. The second kappa shape index (κ2) is 15.0. The molecule has 0 amide bonds. The number of halogens is 8. The Morgan fingerprint density at radius 2 is 1.46 bits per heavy atom. The van der Waals surface area contributed by atoms with Crippen LogP contribution in [0.3, 0.4) is 0 Å². The second-order valence-electron chi connectivity index (χ2n) is 11.1. The Hall–Kier alpha value is -0.870. The summed E-state index contributed by atoms with van der Waals surface area (Å²) >= 11 is 34.5. The molecule has 3 aromatic rings. The molecule has 16 heteroatoms. The van der Waals surface area contributed by atoms with E-state index in [1.807, 2.05) is 90.4 Å². The summed E-state index contributed by atoms with van der Waals surface area (Å²) in [6, 6.07) is 9.47. The fourth-order valence-corrected chi connectivity index (χ4v) is 9.09. The maximum absolute atomic E-state index is 14.0. The maximum Gasteiger partial charge on any atom is 0.373 e. The van der Waals surface area contributed by atoms with E-state index in [1.165, 1.54) is 12.1 Å². The summed E-state index contributed by atoms with van der Waals surface area (Å²) in [4.78, 5) is 49.3. The highest BCUT2D eigenvalue weighted by Crippen LogP contribution is 2.52. The van der Waals surface area contributed by atoms with Crippen molar-refractivity contribution in [1.82, 2.24) is 0 Å². The zero-order valence-electron chi connectivity index (χ0n) is 24.5. The van der Waals surface area contributed by atoms with Crippen LogP contribution >= 0.6 is 137 Å². The number of hydrogen-bond acceptors (Lipinski definition) is 8. The van der Waals surface area contributed by atoms with Gasteiger partial charge in [0.25, 0.3) is 0 Å². The van der Waals surface area contributed by atoms with E-state index < -0.39 is 17.5 Å². The Morgan fingerprint density at radius 3 is 2.08 bits per heavy atom. The van der Waals surface area contributed by atoms with Gasteiger partial charge < -0.3 is 14.3 Å². The van der Waals surface area contributed by atoms with Crippen LogP contribution < -0.4 is 5.43 Å². The lowest BCUT2D eigenvalue weighted by atomic mass is 9.90. The fraction of sp³-hybridized carbons (Fsp3) is 0.156. The number of carbonyl (C=O) groups is 2. The fourth-order valence-electron chi connectivity index (χ4n) is 4.49. The van der Waals surface area contributed by atoms with Crippen molar-refractivity contribution < 1.29 is 33.6 Å². The van der Waals surface area contributed by atoms with Gasteiger partial charge in [-0.05, 0) is 141 Å². The summed E-state index contributed by atoms with van der Waals surface area (Å²) in [6.07, 6.45) is 0. The number of benzene rings is 4. The summed E-state index contributed by atoms with van der Waals surface area (Å²) in [6.45, 7) is 5.00. The molecule has 0 unspecified atom stereocenters. The Bertz CT molecular complexity index is 2180. The number of rotatable bonds is 6. The van der Waals surface area contributed by atoms with Crippen LogP contribution in [-0.2, 0) is 21.1 Å². The number of esters is 1. The molecule has 0 saturated heterocycles. The molecule has 0 fully saturated rings. The van der Waals surface area contributed by atoms with Crippen LogP contribution in [0, 0.1) is 14.3 Å². The van der Waals surface area contributed by atoms with Crippen LogP contribution in [0.1, 0.15) is 47.1 Å². The van der Waals surface area contributed by atoms with Gasteiger partial charge in [0.05, 0.1) is 41.9 Å². The minimum atomic E-state index is -0.882. The van der Waals surface area contributed by atoms with Crippen molar-refractivity contribution in [3.63, 3.8) is 0 Å². The van der Waals surface area contributed by atoms with E-state index in [-0.39, 0.29) is 69.5 Å². The van der Waals surface area contributed by atoms with E-state index in [1.54, 1.807) is 45.0 Å². The monoisotopic (exact) mass is 1180 g/mol. The molecule has 0 saturated carbocycles. The summed E-state index contributed by atoms with van der Waals surface area (Å²) in [5.41, 5.74) is 0.753. The molecule has 1 heterocycles. The van der Waals surface area contributed by atoms with Crippen molar-refractivity contribution in [3.8, 4) is 28.2 Å². The zero-order chi connectivity index (χ0) is 35.4. The molecule has 3 aromatic carbocycles. The summed E-state index contributed by atoms with van der Waals surface area (Å²) in [5.74, 6) is -1.39. The summed E-state index contributed by atoms with van der Waals surface area (Å²) in [7, 11) is 0. The number of carbonyl (C=O) groups excluding carboxylic acids is 2. The summed E-state index contributed by atoms with van der Waals surface area (Å²) in [5, 5.41) is 10.6. The molecule has 0 atom stereocenters. The Kier molecular flexibility index (Phi) is 12.0. The lowest BCUT2D eigenvalue weighted by molar-refractivity contribution is -0.301. The molecule has 0 spiro atoms. The van der Waals surface area contributed by atoms with E-state index in [9.17, 15) is 19.5 Å². The van der Waals surface area contributed by atoms with Crippen molar-refractivity contribution in [3.05, 3.63) is 97.7 Å². The van der Waals surface area contributed by atoms with Crippen LogP contribution in [0.5, 0.6) is 5.75 Å². The Labute approximate surface area is 347 Å². The molecule has 48 heavy (non-hydrogen) atoms. The van der Waals surface area contributed by atoms with Crippen molar-refractivity contribution in [2.24, 2.45) is 0 Å². The molecule has 1 aliphatic heterocycles. The molecule has 1 N–H and O–H groups in total. The number of fused-ring (bicyclic) bond motifs is 2. The number of aromatic hydroxyl groups is 1. The molecule has 0 bridgehead atoms. The van der Waals surface area contributed by atoms with Gasteiger partial charge in [0, 0.05) is 22.1 Å². The third-order valence-corrected chi connectivity index (χ3v) is 12.1. The standard InChI is InChI=1S/C32H18Cl4I4O8/c1-32(2,3)48-47-30(43)12-6-4-11(5-7-12)10-45-31(44)19-18(20(33)22(35)23(36)21(19)34)17-13-8-15(37)26(41)24(39)28(13)46-29-14(17)9-16(38)27(42)25(29)40/h4-9,41H,10H2,1-3H3. The summed E-state index contributed by atoms with van der Waals surface area (Å²) < 4.78 is 13.5.